The van der Waals surface area contributed by atoms with Crippen LogP contribution < -0.4 is 4.74 Å². The minimum absolute atomic E-state index is 0.0887. The van der Waals surface area contributed by atoms with Gasteiger partial charge in [0.1, 0.15) is 11.5 Å². The number of aromatic hydroxyl groups is 1. The molecule has 120 valence electrons. The maximum atomic E-state index is 10.3. The van der Waals surface area contributed by atoms with E-state index in [-0.39, 0.29) is 5.41 Å². The normalized spacial score (nSPS) is 14.1. The van der Waals surface area contributed by atoms with Gasteiger partial charge >= 0.3 is 0 Å². The fourth-order valence-electron chi connectivity index (χ4n) is 2.40. The van der Waals surface area contributed by atoms with Gasteiger partial charge in [-0.2, -0.15) is 0 Å². The van der Waals surface area contributed by atoms with E-state index in [1.807, 2.05) is 12.1 Å². The lowest BCUT2D eigenvalue weighted by molar-refractivity contribution is 0.246. The molecule has 0 saturated carbocycles. The number of hydrogen-bond donors (Lipinski definition) is 1. The molecule has 0 spiro atoms. The van der Waals surface area contributed by atoms with Crippen LogP contribution >= 0.6 is 0 Å². The number of rotatable bonds is 4. The topological polar surface area (TPSA) is 29.5 Å². The molecule has 0 aliphatic carbocycles. The summed E-state index contributed by atoms with van der Waals surface area (Å²) in [6, 6.07) is 3.88. The Labute approximate surface area is 130 Å². The lowest BCUT2D eigenvalue weighted by Gasteiger charge is -2.28. The molecule has 1 aromatic carbocycles. The molecule has 0 radical (unpaired) electrons. The van der Waals surface area contributed by atoms with E-state index in [2.05, 4.69) is 48.5 Å². The Morgan fingerprint density at radius 2 is 1.67 bits per heavy atom. The molecular formula is C19H32O2. The summed E-state index contributed by atoms with van der Waals surface area (Å²) in [5, 5.41) is 10.3. The third-order valence-electron chi connectivity index (χ3n) is 4.53. The lowest BCUT2D eigenvalue weighted by atomic mass is 9.78. The van der Waals surface area contributed by atoms with Crippen LogP contribution in [0, 0.1) is 11.3 Å². The molecule has 0 amide bonds. The second-order valence-electron chi connectivity index (χ2n) is 8.24. The minimum Gasteiger partial charge on any atom is -0.508 e. The van der Waals surface area contributed by atoms with Gasteiger partial charge in [0.15, 0.2) is 0 Å². The maximum Gasteiger partial charge on any atom is 0.122 e. The Morgan fingerprint density at radius 1 is 1.10 bits per heavy atom. The molecule has 21 heavy (non-hydrogen) atoms. The first kappa shape index (κ1) is 17.9. The van der Waals surface area contributed by atoms with E-state index in [0.29, 0.717) is 17.1 Å². The van der Waals surface area contributed by atoms with Gasteiger partial charge in [0, 0.05) is 5.56 Å². The highest BCUT2D eigenvalue weighted by Gasteiger charge is 2.23. The Morgan fingerprint density at radius 3 is 2.10 bits per heavy atom. The first-order valence-corrected chi connectivity index (χ1v) is 7.87. The van der Waals surface area contributed by atoms with Crippen molar-refractivity contribution in [2.75, 3.05) is 7.11 Å². The van der Waals surface area contributed by atoms with Crippen LogP contribution in [0.15, 0.2) is 12.1 Å². The monoisotopic (exact) mass is 292 g/mol. The summed E-state index contributed by atoms with van der Waals surface area (Å²) in [6.07, 6.45) is 2.02. The van der Waals surface area contributed by atoms with Crippen molar-refractivity contribution < 1.29 is 9.84 Å². The zero-order chi connectivity index (χ0) is 16.4. The molecule has 1 rings (SSSR count). The number of phenols is 1. The van der Waals surface area contributed by atoms with E-state index >= 15 is 0 Å². The van der Waals surface area contributed by atoms with Crippen molar-refractivity contribution in [2.45, 2.75) is 66.7 Å². The zero-order valence-corrected chi connectivity index (χ0v) is 15.0. The van der Waals surface area contributed by atoms with Gasteiger partial charge in [0.2, 0.25) is 0 Å². The van der Waals surface area contributed by atoms with Crippen molar-refractivity contribution in [1.29, 1.82) is 0 Å². The van der Waals surface area contributed by atoms with Crippen molar-refractivity contribution in [1.82, 2.24) is 0 Å². The molecule has 1 aromatic rings. The maximum absolute atomic E-state index is 10.3. The highest BCUT2D eigenvalue weighted by molar-refractivity contribution is 5.48. The molecule has 1 atom stereocenters. The fourth-order valence-corrected chi connectivity index (χ4v) is 2.40. The van der Waals surface area contributed by atoms with E-state index in [1.54, 1.807) is 7.11 Å². The second-order valence-corrected chi connectivity index (χ2v) is 8.24. The largest absolute Gasteiger partial charge is 0.508 e. The zero-order valence-electron chi connectivity index (χ0n) is 15.0. The number of phenolic OH excluding ortho intramolecular Hbond substituents is 1. The van der Waals surface area contributed by atoms with Crippen LogP contribution in [0.2, 0.25) is 0 Å². The number of benzene rings is 1. The molecule has 1 unspecified atom stereocenters. The molecule has 1 N–H and O–H groups in total. The van der Waals surface area contributed by atoms with E-state index < -0.39 is 0 Å². The van der Waals surface area contributed by atoms with Crippen molar-refractivity contribution in [3.8, 4) is 11.5 Å². The van der Waals surface area contributed by atoms with Crippen molar-refractivity contribution >= 4 is 0 Å². The predicted molar refractivity (Wildman–Crippen MR) is 90.3 cm³/mol. The Kier molecular flexibility index (Phi) is 5.35. The minimum atomic E-state index is -0.0887. The van der Waals surface area contributed by atoms with E-state index in [0.717, 1.165) is 29.7 Å². The van der Waals surface area contributed by atoms with Gasteiger partial charge in [-0.25, -0.2) is 0 Å². The van der Waals surface area contributed by atoms with Crippen LogP contribution in [0.1, 0.15) is 66.0 Å². The van der Waals surface area contributed by atoms with Gasteiger partial charge in [-0.15, -0.1) is 0 Å². The average Bonchev–Trinajstić information content (AvgIpc) is 2.33. The highest BCUT2D eigenvalue weighted by Crippen LogP contribution is 2.37. The fraction of sp³-hybridized carbons (Fsp3) is 0.684. The number of aryl methyl sites for hydroxylation is 1. The Balaban J connectivity index is 3.01. The third-order valence-corrected chi connectivity index (χ3v) is 4.53. The van der Waals surface area contributed by atoms with Crippen molar-refractivity contribution in [3.63, 3.8) is 0 Å². The van der Waals surface area contributed by atoms with E-state index in [9.17, 15) is 5.11 Å². The van der Waals surface area contributed by atoms with Crippen molar-refractivity contribution in [3.05, 3.63) is 23.3 Å². The standard InChI is InChI=1S/C19H32O2/c1-13(18(2,3)4)9-10-14-11-16(20)15(19(5,6)7)12-17(14)21-8/h11-13,20H,9-10H2,1-8H3. The Bertz CT molecular complexity index is 476. The summed E-state index contributed by atoms with van der Waals surface area (Å²) < 4.78 is 5.54. The van der Waals surface area contributed by atoms with Crippen LogP contribution in [-0.2, 0) is 11.8 Å². The number of methoxy groups -OCH3 is 1. The molecule has 0 saturated heterocycles. The smallest absolute Gasteiger partial charge is 0.122 e. The summed E-state index contributed by atoms with van der Waals surface area (Å²) in [5.74, 6) is 1.88. The van der Waals surface area contributed by atoms with Crippen LogP contribution in [0.5, 0.6) is 11.5 Å². The lowest BCUT2D eigenvalue weighted by Crippen LogP contribution is -2.18. The first-order valence-electron chi connectivity index (χ1n) is 7.87. The van der Waals surface area contributed by atoms with E-state index in [4.69, 9.17) is 4.74 Å². The summed E-state index contributed by atoms with van der Waals surface area (Å²) in [7, 11) is 1.70. The summed E-state index contributed by atoms with van der Waals surface area (Å²) in [5.41, 5.74) is 2.25. The number of hydrogen-bond acceptors (Lipinski definition) is 2. The molecule has 2 heteroatoms. The van der Waals surface area contributed by atoms with Crippen molar-refractivity contribution in [2.24, 2.45) is 11.3 Å². The molecule has 0 aliphatic rings. The SMILES string of the molecule is COc1cc(C(C)(C)C)c(O)cc1CCC(C)C(C)(C)C. The quantitative estimate of drug-likeness (QED) is 0.814. The van der Waals surface area contributed by atoms with Gasteiger partial charge in [0.05, 0.1) is 7.11 Å². The second kappa shape index (κ2) is 6.29. The summed E-state index contributed by atoms with van der Waals surface area (Å²) in [4.78, 5) is 0. The van der Waals surface area contributed by atoms with Gasteiger partial charge in [-0.1, -0.05) is 48.5 Å². The molecule has 0 aromatic heterocycles. The first-order chi connectivity index (χ1) is 9.46. The van der Waals surface area contributed by atoms with Crippen LogP contribution in [0.4, 0.5) is 0 Å². The molecule has 0 bridgehead atoms. The average molecular weight is 292 g/mol. The van der Waals surface area contributed by atoms with Gasteiger partial charge in [-0.3, -0.25) is 0 Å². The van der Waals surface area contributed by atoms with Crippen LogP contribution in [0.25, 0.3) is 0 Å². The van der Waals surface area contributed by atoms with Gasteiger partial charge < -0.3 is 9.84 Å². The molecule has 0 fully saturated rings. The molecule has 0 aliphatic heterocycles. The predicted octanol–water partition coefficient (Wildman–Crippen LogP) is 5.31. The highest BCUT2D eigenvalue weighted by atomic mass is 16.5. The Hall–Kier alpha value is -1.18. The molecule has 0 heterocycles. The summed E-state index contributed by atoms with van der Waals surface area (Å²) in [6.45, 7) is 15.4. The summed E-state index contributed by atoms with van der Waals surface area (Å²) >= 11 is 0. The number of ether oxygens (including phenoxy) is 1. The third kappa shape index (κ3) is 4.66. The van der Waals surface area contributed by atoms with Crippen LogP contribution in [0.3, 0.4) is 0 Å². The van der Waals surface area contributed by atoms with Crippen LogP contribution in [-0.4, -0.2) is 12.2 Å². The van der Waals surface area contributed by atoms with Gasteiger partial charge in [-0.05, 0) is 47.3 Å². The molecule has 2 nitrogen and oxygen atoms in total. The van der Waals surface area contributed by atoms with E-state index in [1.165, 1.54) is 0 Å². The molecular weight excluding hydrogens is 260 g/mol. The van der Waals surface area contributed by atoms with Gasteiger partial charge in [0.25, 0.3) is 0 Å².